The second-order valence-corrected chi connectivity index (χ2v) is 4.18. The highest BCUT2D eigenvalue weighted by Crippen LogP contribution is 2.17. The second-order valence-electron chi connectivity index (χ2n) is 4.18. The van der Waals surface area contributed by atoms with Gasteiger partial charge >= 0.3 is 0 Å². The fraction of sp³-hybridized carbons (Fsp3) is 0.538. The van der Waals surface area contributed by atoms with Crippen LogP contribution in [-0.4, -0.2) is 19.3 Å². The summed E-state index contributed by atoms with van der Waals surface area (Å²) in [7, 11) is 0. The summed E-state index contributed by atoms with van der Waals surface area (Å²) >= 11 is 0. The van der Waals surface area contributed by atoms with Crippen molar-refractivity contribution < 1.29 is 9.13 Å². The fourth-order valence-electron chi connectivity index (χ4n) is 2.03. The first-order chi connectivity index (χ1) is 7.86. The summed E-state index contributed by atoms with van der Waals surface area (Å²) in [5, 5.41) is 3.11. The maximum Gasteiger partial charge on any atom is 0.146 e. The Morgan fingerprint density at radius 2 is 2.25 bits per heavy atom. The van der Waals surface area contributed by atoms with E-state index < -0.39 is 0 Å². The smallest absolute Gasteiger partial charge is 0.146 e. The molecule has 88 valence electrons. The molecule has 0 amide bonds. The van der Waals surface area contributed by atoms with Crippen LogP contribution in [0.5, 0.6) is 0 Å². The number of rotatable bonds is 5. The molecule has 16 heavy (non-hydrogen) atoms. The van der Waals surface area contributed by atoms with Crippen LogP contribution in [0.25, 0.3) is 0 Å². The summed E-state index contributed by atoms with van der Waals surface area (Å²) in [6.45, 7) is 1.71. The second kappa shape index (κ2) is 5.85. The lowest BCUT2D eigenvalue weighted by Gasteiger charge is -2.10. The summed E-state index contributed by atoms with van der Waals surface area (Å²) in [5.41, 5.74) is 0.592. The van der Waals surface area contributed by atoms with Crippen molar-refractivity contribution >= 4 is 5.69 Å². The zero-order valence-corrected chi connectivity index (χ0v) is 9.42. The van der Waals surface area contributed by atoms with Crippen molar-refractivity contribution in [3.8, 4) is 0 Å². The lowest BCUT2D eigenvalue weighted by atomic mass is 10.1. The minimum atomic E-state index is -0.181. The van der Waals surface area contributed by atoms with E-state index in [2.05, 4.69) is 5.32 Å². The van der Waals surface area contributed by atoms with Crippen LogP contribution < -0.4 is 5.32 Å². The van der Waals surface area contributed by atoms with Gasteiger partial charge in [-0.3, -0.25) is 0 Å². The van der Waals surface area contributed by atoms with Crippen LogP contribution in [0.1, 0.15) is 25.7 Å². The molecule has 3 heteroatoms. The van der Waals surface area contributed by atoms with Gasteiger partial charge in [0, 0.05) is 13.2 Å². The first kappa shape index (κ1) is 11.4. The molecule has 1 unspecified atom stereocenters. The number of benzene rings is 1. The molecule has 1 fully saturated rings. The predicted octanol–water partition coefficient (Wildman–Crippen LogP) is 3.20. The fourth-order valence-corrected chi connectivity index (χ4v) is 2.03. The van der Waals surface area contributed by atoms with E-state index in [9.17, 15) is 4.39 Å². The number of nitrogens with one attached hydrogen (secondary N) is 1. The van der Waals surface area contributed by atoms with Crippen molar-refractivity contribution in [2.45, 2.75) is 31.8 Å². The maximum atomic E-state index is 13.2. The molecule has 1 aliphatic heterocycles. The molecule has 0 radical (unpaired) electrons. The Hall–Kier alpha value is -1.09. The van der Waals surface area contributed by atoms with E-state index in [0.717, 1.165) is 26.0 Å². The Morgan fingerprint density at radius 3 is 3.00 bits per heavy atom. The molecule has 0 spiro atoms. The molecule has 1 heterocycles. The first-order valence-electron chi connectivity index (χ1n) is 5.96. The third kappa shape index (κ3) is 3.20. The first-order valence-corrected chi connectivity index (χ1v) is 5.96. The molecule has 1 atom stereocenters. The van der Waals surface area contributed by atoms with Gasteiger partial charge in [-0.1, -0.05) is 12.1 Å². The van der Waals surface area contributed by atoms with E-state index in [1.807, 2.05) is 6.07 Å². The van der Waals surface area contributed by atoms with Gasteiger partial charge in [0.15, 0.2) is 0 Å². The van der Waals surface area contributed by atoms with Crippen LogP contribution >= 0.6 is 0 Å². The Kier molecular flexibility index (Phi) is 4.17. The van der Waals surface area contributed by atoms with E-state index in [1.54, 1.807) is 12.1 Å². The molecule has 0 aliphatic carbocycles. The molecule has 2 nitrogen and oxygen atoms in total. The molecule has 0 bridgehead atoms. The normalized spacial score (nSPS) is 19.9. The van der Waals surface area contributed by atoms with Gasteiger partial charge in [0.25, 0.3) is 0 Å². The SMILES string of the molecule is Fc1ccccc1NCCCC1CCCO1. The standard InChI is InChI=1S/C13H18FNO/c14-12-7-1-2-8-13(12)15-9-3-5-11-6-4-10-16-11/h1-2,7-8,11,15H,3-6,9-10H2. The van der Waals surface area contributed by atoms with Crippen LogP contribution in [0.4, 0.5) is 10.1 Å². The van der Waals surface area contributed by atoms with E-state index in [0.29, 0.717) is 11.8 Å². The number of hydrogen-bond donors (Lipinski definition) is 1. The molecule has 1 aromatic carbocycles. The number of hydrogen-bond acceptors (Lipinski definition) is 2. The molecular weight excluding hydrogens is 205 g/mol. The van der Waals surface area contributed by atoms with Gasteiger partial charge in [-0.05, 0) is 37.8 Å². The number of ether oxygens (including phenoxy) is 1. The summed E-state index contributed by atoms with van der Waals surface area (Å²) < 4.78 is 18.8. The lowest BCUT2D eigenvalue weighted by molar-refractivity contribution is 0.103. The van der Waals surface area contributed by atoms with Crippen molar-refractivity contribution in [2.24, 2.45) is 0 Å². The van der Waals surface area contributed by atoms with Gasteiger partial charge in [0.05, 0.1) is 11.8 Å². The van der Waals surface area contributed by atoms with Crippen molar-refractivity contribution in [2.75, 3.05) is 18.5 Å². The van der Waals surface area contributed by atoms with Crippen LogP contribution in [0.15, 0.2) is 24.3 Å². The zero-order valence-electron chi connectivity index (χ0n) is 9.42. The van der Waals surface area contributed by atoms with Gasteiger partial charge in [-0.25, -0.2) is 4.39 Å². The quantitative estimate of drug-likeness (QED) is 0.774. The summed E-state index contributed by atoms with van der Waals surface area (Å²) in [5.74, 6) is -0.181. The van der Waals surface area contributed by atoms with Crippen LogP contribution in [0, 0.1) is 5.82 Å². The minimum Gasteiger partial charge on any atom is -0.383 e. The monoisotopic (exact) mass is 223 g/mol. The minimum absolute atomic E-state index is 0.181. The van der Waals surface area contributed by atoms with Crippen LogP contribution in [-0.2, 0) is 4.74 Å². The summed E-state index contributed by atoms with van der Waals surface area (Å²) in [4.78, 5) is 0. The maximum absolute atomic E-state index is 13.2. The van der Waals surface area contributed by atoms with E-state index in [4.69, 9.17) is 4.74 Å². The Morgan fingerprint density at radius 1 is 1.38 bits per heavy atom. The highest BCUT2D eigenvalue weighted by molar-refractivity contribution is 5.44. The molecule has 1 aliphatic rings. The number of para-hydroxylation sites is 1. The lowest BCUT2D eigenvalue weighted by Crippen LogP contribution is -2.09. The number of halogens is 1. The average Bonchev–Trinajstić information content (AvgIpc) is 2.79. The van der Waals surface area contributed by atoms with Crippen molar-refractivity contribution in [3.63, 3.8) is 0 Å². The van der Waals surface area contributed by atoms with Crippen LogP contribution in [0.3, 0.4) is 0 Å². The molecule has 1 saturated heterocycles. The van der Waals surface area contributed by atoms with Gasteiger partial charge in [-0.2, -0.15) is 0 Å². The predicted molar refractivity (Wildman–Crippen MR) is 63.1 cm³/mol. The average molecular weight is 223 g/mol. The zero-order chi connectivity index (χ0) is 11.2. The van der Waals surface area contributed by atoms with Gasteiger partial charge in [-0.15, -0.1) is 0 Å². The van der Waals surface area contributed by atoms with Gasteiger partial charge in [0.2, 0.25) is 0 Å². The van der Waals surface area contributed by atoms with Crippen molar-refractivity contribution in [1.29, 1.82) is 0 Å². The highest BCUT2D eigenvalue weighted by atomic mass is 19.1. The largest absolute Gasteiger partial charge is 0.383 e. The molecular formula is C13H18FNO. The Bertz CT molecular complexity index is 323. The van der Waals surface area contributed by atoms with E-state index >= 15 is 0 Å². The summed E-state index contributed by atoms with van der Waals surface area (Å²) in [6, 6.07) is 6.78. The van der Waals surface area contributed by atoms with Gasteiger partial charge < -0.3 is 10.1 Å². The third-order valence-electron chi connectivity index (χ3n) is 2.92. The molecule has 2 rings (SSSR count). The molecule has 0 aromatic heterocycles. The Balaban J connectivity index is 1.66. The van der Waals surface area contributed by atoms with Crippen molar-refractivity contribution in [3.05, 3.63) is 30.1 Å². The van der Waals surface area contributed by atoms with Crippen molar-refractivity contribution in [1.82, 2.24) is 0 Å². The third-order valence-corrected chi connectivity index (χ3v) is 2.92. The molecule has 0 saturated carbocycles. The highest BCUT2D eigenvalue weighted by Gasteiger charge is 2.14. The molecule has 1 N–H and O–H groups in total. The summed E-state index contributed by atoms with van der Waals surface area (Å²) in [6.07, 6.45) is 4.90. The van der Waals surface area contributed by atoms with E-state index in [1.165, 1.54) is 18.9 Å². The van der Waals surface area contributed by atoms with Gasteiger partial charge in [0.1, 0.15) is 5.82 Å². The number of anilines is 1. The Labute approximate surface area is 95.8 Å². The topological polar surface area (TPSA) is 21.3 Å². The van der Waals surface area contributed by atoms with E-state index in [-0.39, 0.29) is 5.82 Å². The van der Waals surface area contributed by atoms with Crippen LogP contribution in [0.2, 0.25) is 0 Å². The molecule has 1 aromatic rings.